The van der Waals surface area contributed by atoms with Gasteiger partial charge in [0.2, 0.25) is 11.8 Å². The van der Waals surface area contributed by atoms with E-state index in [2.05, 4.69) is 10.3 Å². The molecule has 2 aliphatic rings. The summed E-state index contributed by atoms with van der Waals surface area (Å²) in [5.74, 6) is -3.96. The number of aromatic nitrogens is 1. The minimum absolute atomic E-state index is 0.0536. The number of hydrogen-bond acceptors (Lipinski definition) is 5. The second-order valence-electron chi connectivity index (χ2n) is 7.14. The van der Waals surface area contributed by atoms with Crippen LogP contribution in [0.4, 0.5) is 13.2 Å². The molecule has 6 nitrogen and oxygen atoms in total. The minimum atomic E-state index is -2.79. The summed E-state index contributed by atoms with van der Waals surface area (Å²) in [6.07, 6.45) is 0.364. The Kier molecular flexibility index (Phi) is 5.78. The van der Waals surface area contributed by atoms with Crippen molar-refractivity contribution in [3.05, 3.63) is 17.4 Å². The third-order valence-electron chi connectivity index (χ3n) is 5.09. The van der Waals surface area contributed by atoms with Gasteiger partial charge in [-0.3, -0.25) is 9.69 Å². The van der Waals surface area contributed by atoms with Crippen molar-refractivity contribution >= 4 is 5.91 Å². The molecule has 150 valence electrons. The van der Waals surface area contributed by atoms with Crippen molar-refractivity contribution in [2.45, 2.75) is 56.7 Å². The molecule has 2 heterocycles. The van der Waals surface area contributed by atoms with Crippen molar-refractivity contribution in [2.75, 3.05) is 20.7 Å². The zero-order chi connectivity index (χ0) is 19.6. The lowest BCUT2D eigenvalue weighted by Crippen LogP contribution is -2.41. The molecular formula is C18H24F3N3O3. The number of carbonyl (C=O) groups is 1. The van der Waals surface area contributed by atoms with Crippen LogP contribution in [0.1, 0.15) is 37.7 Å². The van der Waals surface area contributed by atoms with Crippen molar-refractivity contribution in [3.63, 3.8) is 0 Å². The van der Waals surface area contributed by atoms with Gasteiger partial charge in [0.05, 0.1) is 13.2 Å². The fourth-order valence-corrected chi connectivity index (χ4v) is 3.59. The van der Waals surface area contributed by atoms with Gasteiger partial charge < -0.3 is 14.8 Å². The second-order valence-corrected chi connectivity index (χ2v) is 7.14. The average Bonchev–Trinajstić information content (AvgIpc) is 3.19. The van der Waals surface area contributed by atoms with Gasteiger partial charge in [-0.15, -0.1) is 0 Å². The van der Waals surface area contributed by atoms with Gasteiger partial charge >= 0.3 is 0 Å². The van der Waals surface area contributed by atoms with Crippen molar-refractivity contribution in [1.29, 1.82) is 0 Å². The fourth-order valence-electron chi connectivity index (χ4n) is 3.59. The molecule has 1 N–H and O–H groups in total. The van der Waals surface area contributed by atoms with E-state index in [1.807, 2.05) is 11.9 Å². The Labute approximate surface area is 156 Å². The molecule has 0 bridgehead atoms. The van der Waals surface area contributed by atoms with Gasteiger partial charge in [-0.2, -0.15) is 4.98 Å². The smallest absolute Gasteiger partial charge is 0.254 e. The number of hydrogen-bond donors (Lipinski definition) is 1. The number of carbonyl (C=O) groups excluding carboxylic acids is 1. The average molecular weight is 387 g/mol. The van der Waals surface area contributed by atoms with Crippen LogP contribution in [0.3, 0.4) is 0 Å². The van der Waals surface area contributed by atoms with Gasteiger partial charge in [0.15, 0.2) is 5.82 Å². The fraction of sp³-hybridized carbons (Fsp3) is 0.667. The topological polar surface area (TPSA) is 63.7 Å². The van der Waals surface area contributed by atoms with Crippen molar-refractivity contribution in [3.8, 4) is 11.8 Å². The highest BCUT2D eigenvalue weighted by Crippen LogP contribution is 2.37. The first-order chi connectivity index (χ1) is 12.8. The lowest BCUT2D eigenvalue weighted by molar-refractivity contribution is -0.125. The number of likely N-dealkylation sites (tertiary alicyclic amines) is 1. The van der Waals surface area contributed by atoms with E-state index in [0.717, 1.165) is 25.5 Å². The summed E-state index contributed by atoms with van der Waals surface area (Å²) in [4.78, 5) is 18.2. The van der Waals surface area contributed by atoms with E-state index < -0.39 is 24.3 Å². The summed E-state index contributed by atoms with van der Waals surface area (Å²) >= 11 is 0. The highest BCUT2D eigenvalue weighted by Gasteiger charge is 2.41. The molecule has 3 rings (SSSR count). The molecule has 1 saturated carbocycles. The third-order valence-corrected chi connectivity index (χ3v) is 5.09. The van der Waals surface area contributed by atoms with Crippen molar-refractivity contribution in [1.82, 2.24) is 15.2 Å². The van der Waals surface area contributed by atoms with E-state index in [-0.39, 0.29) is 43.1 Å². The number of methoxy groups -OCH3 is 1. The number of nitrogens with zero attached hydrogens (tertiary/aromatic N) is 2. The number of halogens is 3. The maximum atomic E-state index is 14.3. The molecule has 1 saturated heterocycles. The Morgan fingerprint density at radius 2 is 2.19 bits per heavy atom. The molecule has 1 unspecified atom stereocenters. The van der Waals surface area contributed by atoms with E-state index in [1.165, 1.54) is 7.11 Å². The van der Waals surface area contributed by atoms with Crippen LogP contribution in [0.15, 0.2) is 6.07 Å². The second kappa shape index (κ2) is 7.92. The van der Waals surface area contributed by atoms with Crippen LogP contribution in [0.25, 0.3) is 0 Å². The zero-order valence-corrected chi connectivity index (χ0v) is 15.4. The van der Waals surface area contributed by atoms with E-state index >= 15 is 0 Å². The lowest BCUT2D eigenvalue weighted by Gasteiger charge is -2.19. The molecule has 1 aliphatic carbocycles. The summed E-state index contributed by atoms with van der Waals surface area (Å²) in [5, 5.41) is 2.77. The maximum absolute atomic E-state index is 14.3. The van der Waals surface area contributed by atoms with Gasteiger partial charge in [-0.1, -0.05) is 0 Å². The summed E-state index contributed by atoms with van der Waals surface area (Å²) in [6.45, 7) is 0.919. The molecule has 2 atom stereocenters. The first kappa shape index (κ1) is 19.7. The molecule has 1 aromatic heterocycles. The molecule has 1 aromatic rings. The number of ether oxygens (including phenoxy) is 2. The van der Waals surface area contributed by atoms with Gasteiger partial charge in [0, 0.05) is 24.9 Å². The highest BCUT2D eigenvalue weighted by atomic mass is 19.3. The molecule has 27 heavy (non-hydrogen) atoms. The molecule has 0 radical (unpaired) electrons. The van der Waals surface area contributed by atoms with Crippen LogP contribution in [-0.2, 0) is 11.3 Å². The highest BCUT2D eigenvalue weighted by molar-refractivity contribution is 5.82. The number of nitrogens with one attached hydrogen (secondary N) is 1. The molecule has 0 spiro atoms. The first-order valence-corrected chi connectivity index (χ1v) is 9.05. The van der Waals surface area contributed by atoms with Crippen LogP contribution in [0.5, 0.6) is 11.8 Å². The Morgan fingerprint density at radius 1 is 1.41 bits per heavy atom. The van der Waals surface area contributed by atoms with Crippen LogP contribution in [0, 0.1) is 5.82 Å². The van der Waals surface area contributed by atoms with Crippen LogP contribution >= 0.6 is 0 Å². The van der Waals surface area contributed by atoms with Crippen LogP contribution < -0.4 is 14.8 Å². The summed E-state index contributed by atoms with van der Waals surface area (Å²) < 4.78 is 51.4. The molecule has 0 aromatic carbocycles. The molecular weight excluding hydrogens is 363 g/mol. The van der Waals surface area contributed by atoms with E-state index in [1.54, 1.807) is 0 Å². The number of pyridine rings is 1. The number of alkyl halides is 2. The van der Waals surface area contributed by atoms with Crippen LogP contribution in [0.2, 0.25) is 0 Å². The van der Waals surface area contributed by atoms with Crippen molar-refractivity contribution in [2.24, 2.45) is 0 Å². The predicted molar refractivity (Wildman–Crippen MR) is 91.5 cm³/mol. The zero-order valence-electron chi connectivity index (χ0n) is 15.4. The molecule has 1 aliphatic heterocycles. The monoisotopic (exact) mass is 387 g/mol. The molecule has 1 amide bonds. The SMILES string of the molecule is COc1nc(O[C@@H]2CCC(F)(F)C2)c(F)cc1CNC(=O)C1CCCN1C. The Hall–Kier alpha value is -2.03. The van der Waals surface area contributed by atoms with Gasteiger partial charge in [0.1, 0.15) is 6.10 Å². The standard InChI is InChI=1S/C18H24F3N3O3/c1-24-7-3-4-14(24)15(25)22-10-11-8-13(19)17(23-16(11)26-2)27-12-5-6-18(20,21)9-12/h8,12,14H,3-7,9-10H2,1-2H3,(H,22,25)/t12-,14?/m1/s1. The first-order valence-electron chi connectivity index (χ1n) is 9.05. The summed E-state index contributed by atoms with van der Waals surface area (Å²) in [6, 6.07) is 0.966. The normalized spacial score (nSPS) is 24.8. The quantitative estimate of drug-likeness (QED) is 0.813. The number of likely N-dealkylation sites (N-methyl/N-ethyl adjacent to an activating group) is 1. The predicted octanol–water partition coefficient (Wildman–Crippen LogP) is 2.51. The Morgan fingerprint density at radius 3 is 2.78 bits per heavy atom. The minimum Gasteiger partial charge on any atom is -0.481 e. The molecule has 9 heteroatoms. The van der Waals surface area contributed by atoms with Gasteiger partial charge in [-0.05, 0) is 38.9 Å². The van der Waals surface area contributed by atoms with E-state index in [4.69, 9.17) is 9.47 Å². The van der Waals surface area contributed by atoms with E-state index in [9.17, 15) is 18.0 Å². The number of amides is 1. The Bertz CT molecular complexity index is 702. The molecule has 2 fully saturated rings. The largest absolute Gasteiger partial charge is 0.481 e. The number of rotatable bonds is 6. The van der Waals surface area contributed by atoms with Crippen molar-refractivity contribution < 1.29 is 27.4 Å². The lowest BCUT2D eigenvalue weighted by atomic mass is 10.2. The van der Waals surface area contributed by atoms with Crippen LogP contribution in [-0.4, -0.2) is 54.6 Å². The summed E-state index contributed by atoms with van der Waals surface area (Å²) in [5.41, 5.74) is 0.355. The Balaban J connectivity index is 1.66. The third kappa shape index (κ3) is 4.63. The van der Waals surface area contributed by atoms with Gasteiger partial charge in [0.25, 0.3) is 11.8 Å². The summed E-state index contributed by atoms with van der Waals surface area (Å²) in [7, 11) is 3.25. The van der Waals surface area contributed by atoms with E-state index in [0.29, 0.717) is 5.56 Å². The van der Waals surface area contributed by atoms with Gasteiger partial charge in [-0.25, -0.2) is 13.2 Å². The maximum Gasteiger partial charge on any atom is 0.254 e.